The number of aryl methyl sites for hydroxylation is 2. The standard InChI is InChI=1S/C25H30N4O4S2/c1-14-7-9-18(16(3)10-14)33-12-20-27-28-25(29(20)4)34-13-21(30)26-23-22(24(31)32-5)17-8-6-15(2)11-19(17)35-23/h7,9-10,15H,6,8,11-13H2,1-5H3,(H,26,30). The molecule has 1 aromatic carbocycles. The molecule has 186 valence electrons. The minimum atomic E-state index is -0.401. The zero-order valence-electron chi connectivity index (χ0n) is 20.6. The molecule has 10 heteroatoms. The quantitative estimate of drug-likeness (QED) is 0.343. The first-order valence-corrected chi connectivity index (χ1v) is 13.3. The van der Waals surface area contributed by atoms with Crippen molar-refractivity contribution in [2.24, 2.45) is 13.0 Å². The number of thiophene rings is 1. The van der Waals surface area contributed by atoms with Gasteiger partial charge < -0.3 is 19.4 Å². The number of carbonyl (C=O) groups excluding carboxylic acids is 2. The summed E-state index contributed by atoms with van der Waals surface area (Å²) in [6.45, 7) is 6.54. The molecule has 35 heavy (non-hydrogen) atoms. The third kappa shape index (κ3) is 5.70. The molecule has 0 saturated heterocycles. The highest BCUT2D eigenvalue weighted by Crippen LogP contribution is 2.40. The van der Waals surface area contributed by atoms with Crippen LogP contribution in [0.25, 0.3) is 0 Å². The molecule has 1 aliphatic rings. The summed E-state index contributed by atoms with van der Waals surface area (Å²) in [5.41, 5.74) is 3.77. The molecule has 1 aliphatic carbocycles. The van der Waals surface area contributed by atoms with E-state index >= 15 is 0 Å². The van der Waals surface area contributed by atoms with E-state index in [9.17, 15) is 9.59 Å². The summed E-state index contributed by atoms with van der Waals surface area (Å²) in [6, 6.07) is 6.03. The van der Waals surface area contributed by atoms with Gasteiger partial charge in [0, 0.05) is 11.9 Å². The number of methoxy groups -OCH3 is 1. The Labute approximate surface area is 213 Å². The highest BCUT2D eigenvalue weighted by atomic mass is 32.2. The van der Waals surface area contributed by atoms with Crippen LogP contribution in [0.2, 0.25) is 0 Å². The number of amides is 1. The Hall–Kier alpha value is -2.85. The number of hydrogen-bond donors (Lipinski definition) is 1. The fourth-order valence-electron chi connectivity index (χ4n) is 4.15. The van der Waals surface area contributed by atoms with Gasteiger partial charge in [0.15, 0.2) is 11.0 Å². The smallest absolute Gasteiger partial charge is 0.341 e. The average Bonchev–Trinajstić information content (AvgIpc) is 3.35. The van der Waals surface area contributed by atoms with Crippen molar-refractivity contribution < 1.29 is 19.1 Å². The third-order valence-corrected chi connectivity index (χ3v) is 8.29. The van der Waals surface area contributed by atoms with Gasteiger partial charge in [0.2, 0.25) is 5.91 Å². The molecule has 2 heterocycles. The summed E-state index contributed by atoms with van der Waals surface area (Å²) in [6.07, 6.45) is 2.77. The molecule has 8 nitrogen and oxygen atoms in total. The molecule has 2 aromatic heterocycles. The van der Waals surface area contributed by atoms with E-state index in [1.54, 1.807) is 0 Å². The van der Waals surface area contributed by atoms with Crippen molar-refractivity contribution in [1.82, 2.24) is 14.8 Å². The molecule has 0 fully saturated rings. The van der Waals surface area contributed by atoms with E-state index in [-0.39, 0.29) is 18.3 Å². The van der Waals surface area contributed by atoms with Crippen LogP contribution in [-0.2, 0) is 36.0 Å². The second-order valence-electron chi connectivity index (χ2n) is 8.90. The number of benzene rings is 1. The van der Waals surface area contributed by atoms with Gasteiger partial charge in [-0.1, -0.05) is 36.4 Å². The monoisotopic (exact) mass is 514 g/mol. The topological polar surface area (TPSA) is 95.3 Å². The first-order valence-electron chi connectivity index (χ1n) is 11.5. The number of nitrogens with one attached hydrogen (secondary N) is 1. The second kappa shape index (κ2) is 10.8. The number of fused-ring (bicyclic) bond motifs is 1. The van der Waals surface area contributed by atoms with E-state index in [1.807, 2.05) is 37.6 Å². The molecule has 3 aromatic rings. The Bertz CT molecular complexity index is 1250. The van der Waals surface area contributed by atoms with Crippen LogP contribution in [0.4, 0.5) is 5.00 Å². The van der Waals surface area contributed by atoms with Crippen LogP contribution in [0.3, 0.4) is 0 Å². The van der Waals surface area contributed by atoms with Gasteiger partial charge >= 0.3 is 5.97 Å². The lowest BCUT2D eigenvalue weighted by Crippen LogP contribution is -2.17. The van der Waals surface area contributed by atoms with E-state index in [1.165, 1.54) is 35.8 Å². The summed E-state index contributed by atoms with van der Waals surface area (Å²) >= 11 is 2.77. The van der Waals surface area contributed by atoms with Gasteiger partial charge in [0.1, 0.15) is 17.4 Å². The Morgan fingerprint density at radius 3 is 2.83 bits per heavy atom. The van der Waals surface area contributed by atoms with Crippen molar-refractivity contribution in [2.45, 2.75) is 51.8 Å². The number of anilines is 1. The highest BCUT2D eigenvalue weighted by molar-refractivity contribution is 7.99. The van der Waals surface area contributed by atoms with Crippen molar-refractivity contribution in [2.75, 3.05) is 18.2 Å². The molecule has 1 amide bonds. The molecule has 1 N–H and O–H groups in total. The van der Waals surface area contributed by atoms with Gasteiger partial charge in [-0.3, -0.25) is 4.79 Å². The second-order valence-corrected chi connectivity index (χ2v) is 10.9. The molecule has 0 saturated carbocycles. The lowest BCUT2D eigenvalue weighted by atomic mass is 9.88. The van der Waals surface area contributed by atoms with Crippen molar-refractivity contribution in [1.29, 1.82) is 0 Å². The predicted molar refractivity (Wildman–Crippen MR) is 137 cm³/mol. The van der Waals surface area contributed by atoms with Gasteiger partial charge in [-0.2, -0.15) is 0 Å². The van der Waals surface area contributed by atoms with Crippen LogP contribution >= 0.6 is 23.1 Å². The largest absolute Gasteiger partial charge is 0.485 e. The van der Waals surface area contributed by atoms with E-state index in [2.05, 4.69) is 28.5 Å². The Morgan fingerprint density at radius 2 is 2.09 bits per heavy atom. The number of hydrogen-bond acceptors (Lipinski definition) is 8. The van der Waals surface area contributed by atoms with E-state index in [0.29, 0.717) is 27.5 Å². The fourth-order valence-corrected chi connectivity index (χ4v) is 6.29. The van der Waals surface area contributed by atoms with Crippen molar-refractivity contribution in [3.63, 3.8) is 0 Å². The SMILES string of the molecule is COC(=O)c1c(NC(=O)CSc2nnc(COc3ccc(C)cc3C)n2C)sc2c1CCC(C)C2. The zero-order valence-corrected chi connectivity index (χ0v) is 22.3. The predicted octanol–water partition coefficient (Wildman–Crippen LogP) is 4.71. The third-order valence-electron chi connectivity index (χ3n) is 6.10. The summed E-state index contributed by atoms with van der Waals surface area (Å²) in [5.74, 6) is 1.57. The van der Waals surface area contributed by atoms with Crippen molar-refractivity contribution in [3.8, 4) is 5.75 Å². The molecule has 1 unspecified atom stereocenters. The van der Waals surface area contributed by atoms with E-state index in [4.69, 9.17) is 9.47 Å². The number of ether oxygens (including phenoxy) is 2. The Balaban J connectivity index is 1.38. The maximum Gasteiger partial charge on any atom is 0.341 e. The van der Waals surface area contributed by atoms with Crippen LogP contribution < -0.4 is 10.1 Å². The average molecular weight is 515 g/mol. The summed E-state index contributed by atoms with van der Waals surface area (Å²) < 4.78 is 12.7. The molecule has 0 aliphatic heterocycles. The number of thioether (sulfide) groups is 1. The van der Waals surface area contributed by atoms with Crippen LogP contribution in [0, 0.1) is 19.8 Å². The van der Waals surface area contributed by atoms with Crippen molar-refractivity contribution >= 4 is 40.0 Å². The number of rotatable bonds is 8. The molecule has 1 atom stereocenters. The van der Waals surface area contributed by atoms with Crippen molar-refractivity contribution in [3.05, 3.63) is 51.2 Å². The number of carbonyl (C=O) groups is 2. The minimum absolute atomic E-state index is 0.142. The maximum atomic E-state index is 12.8. The Kier molecular flexibility index (Phi) is 7.81. The lowest BCUT2D eigenvalue weighted by Gasteiger charge is -2.18. The van der Waals surface area contributed by atoms with Crippen LogP contribution in [0.15, 0.2) is 23.4 Å². The number of nitrogens with zero attached hydrogens (tertiary/aromatic N) is 3. The Morgan fingerprint density at radius 1 is 1.29 bits per heavy atom. The normalized spacial score (nSPS) is 14.9. The summed E-state index contributed by atoms with van der Waals surface area (Å²) in [4.78, 5) is 26.4. The first kappa shape index (κ1) is 25.2. The van der Waals surface area contributed by atoms with Gasteiger partial charge in [0.05, 0.1) is 18.4 Å². The molecular formula is C25H30N4O4S2. The molecule has 4 rings (SSSR count). The number of esters is 1. The molecule has 0 radical (unpaired) electrons. The van der Waals surface area contributed by atoms with Gasteiger partial charge in [-0.15, -0.1) is 21.5 Å². The minimum Gasteiger partial charge on any atom is -0.485 e. The first-order chi connectivity index (χ1) is 16.8. The molecule has 0 bridgehead atoms. The van der Waals surface area contributed by atoms with Crippen LogP contribution in [-0.4, -0.2) is 39.5 Å². The van der Waals surface area contributed by atoms with Gasteiger partial charge in [0.25, 0.3) is 0 Å². The highest BCUT2D eigenvalue weighted by Gasteiger charge is 2.29. The van der Waals surface area contributed by atoms with Gasteiger partial charge in [-0.05, 0) is 56.2 Å². The molecule has 0 spiro atoms. The summed E-state index contributed by atoms with van der Waals surface area (Å²) in [5, 5.41) is 12.5. The zero-order chi connectivity index (χ0) is 25.1. The maximum absolute atomic E-state index is 12.8. The van der Waals surface area contributed by atoms with E-state index in [0.717, 1.165) is 41.0 Å². The van der Waals surface area contributed by atoms with Crippen LogP contribution in [0.1, 0.15) is 51.1 Å². The fraction of sp³-hybridized carbons (Fsp3) is 0.440. The summed E-state index contributed by atoms with van der Waals surface area (Å²) in [7, 11) is 3.22. The van der Waals surface area contributed by atoms with Crippen LogP contribution in [0.5, 0.6) is 5.75 Å². The van der Waals surface area contributed by atoms with Gasteiger partial charge in [-0.25, -0.2) is 4.79 Å². The number of aromatic nitrogens is 3. The lowest BCUT2D eigenvalue weighted by molar-refractivity contribution is -0.113. The molecular weight excluding hydrogens is 484 g/mol. The van der Waals surface area contributed by atoms with E-state index < -0.39 is 5.97 Å².